The van der Waals surface area contributed by atoms with Crippen LogP contribution in [0.5, 0.6) is 0 Å². The fourth-order valence-corrected chi connectivity index (χ4v) is 16.7. The summed E-state index contributed by atoms with van der Waals surface area (Å²) < 4.78 is 36.4. The first-order valence-electron chi connectivity index (χ1n) is 29.8. The number of rotatable bonds is 20. The molecule has 0 aromatic rings. The number of aliphatic hydroxyl groups excluding tert-OH is 9. The van der Waals surface area contributed by atoms with Crippen molar-refractivity contribution in [1.29, 1.82) is 0 Å². The number of esters is 1. The van der Waals surface area contributed by atoms with Gasteiger partial charge in [0.25, 0.3) is 0 Å². The van der Waals surface area contributed by atoms with Crippen LogP contribution in [0.25, 0.3) is 0 Å². The molecular weight excluding hydrogens is 1040 g/mol. The van der Waals surface area contributed by atoms with Crippen LogP contribution in [0, 0.1) is 50.2 Å². The van der Waals surface area contributed by atoms with Crippen LogP contribution >= 0.6 is 0 Å². The molecule has 0 aromatic heterocycles. The number of aliphatic carboxylic acids is 1. The van der Waals surface area contributed by atoms with Crippen LogP contribution in [0.15, 0.2) is 11.6 Å². The first kappa shape index (κ1) is 63.3. The first-order chi connectivity index (χ1) is 37.6. The number of carboxylic acid groups (broad SMARTS) is 1. The molecule has 0 radical (unpaired) electrons. The quantitative estimate of drug-likeness (QED) is 0.0361. The van der Waals surface area contributed by atoms with Gasteiger partial charge in [0, 0.05) is 12.8 Å². The van der Waals surface area contributed by atoms with Crippen LogP contribution in [-0.2, 0) is 47.6 Å². The molecule has 3 saturated heterocycles. The van der Waals surface area contributed by atoms with Crippen molar-refractivity contribution in [2.24, 2.45) is 50.2 Å². The topological polar surface area (TPSA) is 338 Å². The van der Waals surface area contributed by atoms with Crippen molar-refractivity contribution >= 4 is 24.1 Å². The molecule has 5 aliphatic carbocycles. The summed E-state index contributed by atoms with van der Waals surface area (Å²) in [6.45, 7) is 13.3. The average molecular weight is 1140 g/mol. The van der Waals surface area contributed by atoms with Crippen LogP contribution in [0.2, 0.25) is 0 Å². The van der Waals surface area contributed by atoms with Crippen molar-refractivity contribution in [2.75, 3.05) is 13.2 Å². The minimum Gasteiger partial charge on any atom is -0.481 e. The van der Waals surface area contributed by atoms with Crippen LogP contribution < -0.4 is 5.32 Å². The monoisotopic (exact) mass is 1140 g/mol. The van der Waals surface area contributed by atoms with Crippen molar-refractivity contribution in [3.05, 3.63) is 11.6 Å². The second-order valence-electron chi connectivity index (χ2n) is 27.1. The van der Waals surface area contributed by atoms with Crippen LogP contribution in [0.3, 0.4) is 0 Å². The lowest BCUT2D eigenvalue weighted by atomic mass is 9.33. The zero-order valence-electron chi connectivity index (χ0n) is 48.0. The minimum atomic E-state index is -1.95. The second-order valence-corrected chi connectivity index (χ2v) is 27.1. The largest absolute Gasteiger partial charge is 0.481 e. The molecule has 8 aliphatic rings. The van der Waals surface area contributed by atoms with E-state index in [4.69, 9.17) is 33.5 Å². The summed E-state index contributed by atoms with van der Waals surface area (Å²) >= 11 is 0. The molecule has 8 rings (SSSR count). The maximum absolute atomic E-state index is 15.7. The highest BCUT2D eigenvalue weighted by Gasteiger charge is 2.72. The molecular formula is C59H95NO20. The molecule has 4 saturated carbocycles. The van der Waals surface area contributed by atoms with Gasteiger partial charge in [-0.05, 0) is 117 Å². The Hall–Kier alpha value is -2.74. The number of carbonyl (C=O) groups excluding carboxylic acids is 3. The van der Waals surface area contributed by atoms with Gasteiger partial charge in [-0.3, -0.25) is 14.4 Å². The Labute approximate surface area is 470 Å². The molecule has 1 amide bonds. The minimum absolute atomic E-state index is 0.0471. The number of unbranched alkanes of at least 4 members (excludes halogenated alkanes) is 7. The number of carboxylic acids is 1. The number of aldehydes is 1. The number of hydrogen-bond donors (Lipinski definition) is 11. The number of aliphatic hydroxyl groups is 9. The van der Waals surface area contributed by atoms with Gasteiger partial charge in [0.2, 0.25) is 12.2 Å². The standard InChI is InChI=1S/C59H95NO20/c1-31-48(78-50-46(72)43(69)34(63)29-75-50)45(71)47(73)51(76-31)79-49-44(70)42(60-40(66)16-14-12-10-8-9-11-13-15-17-41(67)68)35(28-61)77-52(49)80-53(74)59-25-24-54(2,3)26-33(59)32-18-19-37-55(4)22-21-38(64)56(5,30-62)36(55)20-23-57(37,6)58(32,7)27-39(59)65/h18,30-31,33-39,42-52,61,63-65,69-73H,8-17,19-29H2,1-7H3,(H,60,66)(H,67,68)/t31-,33?,34-,35-,36-,37?,38+,39+,42+,43?,44?,45?,46?,47?,48+,49?,50+,51+,52+,55?,56-,57?,58-,59-/m1/s1. The summed E-state index contributed by atoms with van der Waals surface area (Å²) in [7, 11) is 0. The zero-order chi connectivity index (χ0) is 58.5. The molecule has 10 unspecified atom stereocenters. The fraction of sp³-hybridized carbons (Fsp3) is 0.898. The highest BCUT2D eigenvalue weighted by Crippen LogP contribution is 2.76. The number of carbonyl (C=O) groups is 4. The lowest BCUT2D eigenvalue weighted by Crippen LogP contribution is -2.69. The molecule has 3 aliphatic heterocycles. The third kappa shape index (κ3) is 11.6. The summed E-state index contributed by atoms with van der Waals surface area (Å²) in [5.41, 5.74) is -2.89. The normalized spacial score (nSPS) is 47.0. The second kappa shape index (κ2) is 24.7. The Morgan fingerprint density at radius 1 is 0.700 bits per heavy atom. The highest BCUT2D eigenvalue weighted by atomic mass is 16.8. The van der Waals surface area contributed by atoms with Gasteiger partial charge in [-0.2, -0.15) is 0 Å². The van der Waals surface area contributed by atoms with E-state index in [1.54, 1.807) is 0 Å². The molecule has 0 bridgehead atoms. The number of amides is 1. The maximum atomic E-state index is 15.7. The van der Waals surface area contributed by atoms with Gasteiger partial charge in [0.05, 0.1) is 43.0 Å². The van der Waals surface area contributed by atoms with E-state index in [2.05, 4.69) is 46.0 Å². The van der Waals surface area contributed by atoms with E-state index in [9.17, 15) is 60.3 Å². The fourth-order valence-electron chi connectivity index (χ4n) is 16.7. The molecule has 3 heterocycles. The van der Waals surface area contributed by atoms with E-state index in [1.807, 2.05) is 6.92 Å². The molecule has 7 fully saturated rings. The van der Waals surface area contributed by atoms with E-state index in [0.29, 0.717) is 44.9 Å². The van der Waals surface area contributed by atoms with E-state index in [0.717, 1.165) is 63.2 Å². The van der Waals surface area contributed by atoms with Crippen LogP contribution in [0.1, 0.15) is 170 Å². The molecule has 24 atom stereocenters. The van der Waals surface area contributed by atoms with Crippen molar-refractivity contribution in [3.8, 4) is 0 Å². The summed E-state index contributed by atoms with van der Waals surface area (Å²) in [6.07, 6.45) is -8.54. The third-order valence-corrected chi connectivity index (χ3v) is 21.8. The van der Waals surface area contributed by atoms with Crippen molar-refractivity contribution in [1.82, 2.24) is 5.32 Å². The van der Waals surface area contributed by atoms with Crippen LogP contribution in [0.4, 0.5) is 0 Å². The summed E-state index contributed by atoms with van der Waals surface area (Å²) in [6, 6.07) is -1.36. The van der Waals surface area contributed by atoms with Crippen molar-refractivity contribution < 1.29 is 98.7 Å². The van der Waals surface area contributed by atoms with Gasteiger partial charge in [-0.25, -0.2) is 0 Å². The summed E-state index contributed by atoms with van der Waals surface area (Å²) in [4.78, 5) is 52.9. The Balaban J connectivity index is 1.04. The molecule has 0 spiro atoms. The predicted octanol–water partition coefficient (Wildman–Crippen LogP) is 3.07. The number of ether oxygens (including phenoxy) is 6. The number of hydrogen-bond acceptors (Lipinski definition) is 19. The lowest BCUT2D eigenvalue weighted by Gasteiger charge is -2.71. The smallest absolute Gasteiger partial charge is 0.317 e. The van der Waals surface area contributed by atoms with Crippen molar-refractivity contribution in [2.45, 2.75) is 269 Å². The zero-order valence-corrected chi connectivity index (χ0v) is 48.0. The Kier molecular flexibility index (Phi) is 19.5. The van der Waals surface area contributed by atoms with Crippen molar-refractivity contribution in [3.63, 3.8) is 0 Å². The number of fused-ring (bicyclic) bond motifs is 7. The van der Waals surface area contributed by atoms with Gasteiger partial charge >= 0.3 is 11.9 Å². The Morgan fingerprint density at radius 2 is 1.34 bits per heavy atom. The SMILES string of the molecule is C[C@H]1O[C@@H](OC2C(O)[C@@H](NC(=O)CCCCCCCCCCC(=O)O)[C@@H](CO)O[C@H]2OC(=O)[C@]23CCC(C)(C)CC2C2=CCC4C5(C)CC[C@H](O)[C@](C)(C=O)[C@@H]5CCC4(C)[C@]2(C)C[C@@H]3O)C(O)C(O)[C@H]1O[C@@H]1OC[C@@H](O)C(O)C1O. The first-order valence-corrected chi connectivity index (χ1v) is 29.8. The van der Waals surface area contributed by atoms with E-state index < -0.39 is 151 Å². The third-order valence-electron chi connectivity index (χ3n) is 21.8. The van der Waals surface area contributed by atoms with Gasteiger partial charge in [-0.1, -0.05) is 91.7 Å². The van der Waals surface area contributed by atoms with Gasteiger partial charge < -0.3 is 89.6 Å². The average Bonchev–Trinajstić information content (AvgIpc) is 3.42. The van der Waals surface area contributed by atoms with E-state index in [-0.39, 0.29) is 53.8 Å². The molecule has 456 valence electrons. The van der Waals surface area contributed by atoms with Gasteiger partial charge in [-0.15, -0.1) is 0 Å². The summed E-state index contributed by atoms with van der Waals surface area (Å²) in [5, 5.41) is 113. The van der Waals surface area contributed by atoms with E-state index in [1.165, 1.54) is 6.92 Å². The maximum Gasteiger partial charge on any atom is 0.317 e. The Bertz CT molecular complexity index is 2220. The number of nitrogens with one attached hydrogen (secondary N) is 1. The summed E-state index contributed by atoms with van der Waals surface area (Å²) in [5.74, 6) is -2.57. The highest BCUT2D eigenvalue weighted by molar-refractivity contribution is 5.80. The predicted molar refractivity (Wildman–Crippen MR) is 284 cm³/mol. The van der Waals surface area contributed by atoms with E-state index >= 15 is 4.79 Å². The molecule has 0 aromatic carbocycles. The number of allylic oxidation sites excluding steroid dienone is 2. The van der Waals surface area contributed by atoms with Gasteiger partial charge in [0.15, 0.2) is 18.7 Å². The Morgan fingerprint density at radius 3 is 1.99 bits per heavy atom. The molecule has 80 heavy (non-hydrogen) atoms. The molecule has 11 N–H and O–H groups in total. The molecule has 21 heteroatoms. The van der Waals surface area contributed by atoms with Crippen LogP contribution in [-0.4, -0.2) is 187 Å². The van der Waals surface area contributed by atoms with Gasteiger partial charge in [0.1, 0.15) is 60.5 Å². The molecule has 21 nitrogen and oxygen atoms in total. The lowest BCUT2D eigenvalue weighted by molar-refractivity contribution is -0.370.